The Balaban J connectivity index is 2.03. The van der Waals surface area contributed by atoms with Crippen molar-refractivity contribution in [1.82, 2.24) is 4.57 Å². The lowest BCUT2D eigenvalue weighted by Crippen LogP contribution is -2.15. The van der Waals surface area contributed by atoms with Gasteiger partial charge in [0.05, 0.1) is 19.8 Å². The molecule has 134 valence electrons. The number of nitrogens with zero attached hydrogens (tertiary/aromatic N) is 1. The Morgan fingerprint density at radius 2 is 1.88 bits per heavy atom. The molecular formula is C18H21NO6. The van der Waals surface area contributed by atoms with Crippen LogP contribution in [0.1, 0.15) is 44.3 Å². The highest BCUT2D eigenvalue weighted by molar-refractivity contribution is 6.00. The molecular weight excluding hydrogens is 326 g/mol. The molecule has 0 amide bonds. The predicted molar refractivity (Wildman–Crippen MR) is 88.6 cm³/mol. The van der Waals surface area contributed by atoms with Crippen LogP contribution in [0.3, 0.4) is 0 Å². The lowest BCUT2D eigenvalue weighted by Gasteiger charge is -2.09. The highest BCUT2D eigenvalue weighted by Gasteiger charge is 2.19. The number of esters is 2. The van der Waals surface area contributed by atoms with Crippen molar-refractivity contribution >= 4 is 17.7 Å². The molecule has 0 aliphatic heterocycles. The van der Waals surface area contributed by atoms with Gasteiger partial charge in [-0.1, -0.05) is 0 Å². The molecule has 2 heterocycles. The fourth-order valence-electron chi connectivity index (χ4n) is 2.62. The molecule has 2 aromatic rings. The number of ketones is 1. The minimum absolute atomic E-state index is 0.218. The van der Waals surface area contributed by atoms with Crippen LogP contribution in [0.2, 0.25) is 0 Å². The summed E-state index contributed by atoms with van der Waals surface area (Å²) in [7, 11) is 1.34. The lowest BCUT2D eigenvalue weighted by molar-refractivity contribution is -0.140. The average Bonchev–Trinajstić information content (AvgIpc) is 3.13. The quantitative estimate of drug-likeness (QED) is 0.565. The molecule has 0 aliphatic carbocycles. The lowest BCUT2D eigenvalue weighted by atomic mass is 10.1. The van der Waals surface area contributed by atoms with E-state index in [0.717, 1.165) is 11.4 Å². The van der Waals surface area contributed by atoms with Crippen LogP contribution in [-0.4, -0.2) is 36.0 Å². The molecule has 2 rings (SSSR count). The van der Waals surface area contributed by atoms with Crippen LogP contribution >= 0.6 is 0 Å². The highest BCUT2D eigenvalue weighted by Crippen LogP contribution is 2.17. The Morgan fingerprint density at radius 3 is 2.48 bits per heavy atom. The van der Waals surface area contributed by atoms with Crippen LogP contribution in [0.5, 0.6) is 0 Å². The van der Waals surface area contributed by atoms with Crippen molar-refractivity contribution in [3.05, 3.63) is 46.7 Å². The van der Waals surface area contributed by atoms with Crippen molar-refractivity contribution in [2.75, 3.05) is 13.7 Å². The van der Waals surface area contributed by atoms with Crippen LogP contribution in [0.4, 0.5) is 0 Å². The Kier molecular flexibility index (Phi) is 5.80. The third-order valence-corrected chi connectivity index (χ3v) is 4.05. The van der Waals surface area contributed by atoms with Gasteiger partial charge in [0.1, 0.15) is 11.3 Å². The largest absolute Gasteiger partial charge is 0.469 e. The third-order valence-electron chi connectivity index (χ3n) is 4.05. The maximum atomic E-state index is 12.4. The van der Waals surface area contributed by atoms with E-state index in [9.17, 15) is 14.4 Å². The number of carbonyl (C=O) groups excluding carboxylic acids is 3. The molecule has 0 bridgehead atoms. The minimum atomic E-state index is -0.598. The number of methoxy groups -OCH3 is 1. The summed E-state index contributed by atoms with van der Waals surface area (Å²) in [4.78, 5) is 35.6. The molecule has 0 fully saturated rings. The molecule has 0 spiro atoms. The molecule has 0 atom stereocenters. The number of Topliss-reactive ketones (excluding diaryl/α,β-unsaturated/α-hetero) is 1. The van der Waals surface area contributed by atoms with E-state index in [1.807, 2.05) is 11.5 Å². The predicted octanol–water partition coefficient (Wildman–Crippen LogP) is 2.61. The molecule has 0 saturated carbocycles. The molecule has 7 heteroatoms. The van der Waals surface area contributed by atoms with Gasteiger partial charge in [0.15, 0.2) is 6.61 Å². The number of ether oxygens (including phenoxy) is 2. The summed E-state index contributed by atoms with van der Waals surface area (Å²) in [5.74, 6) is -0.769. The van der Waals surface area contributed by atoms with Crippen molar-refractivity contribution in [3.63, 3.8) is 0 Å². The topological polar surface area (TPSA) is 87.7 Å². The Bertz CT molecular complexity index is 799. The zero-order valence-electron chi connectivity index (χ0n) is 14.8. The monoisotopic (exact) mass is 347 g/mol. The highest BCUT2D eigenvalue weighted by atomic mass is 16.5. The smallest absolute Gasteiger partial charge is 0.342 e. The van der Waals surface area contributed by atoms with E-state index in [4.69, 9.17) is 9.15 Å². The van der Waals surface area contributed by atoms with Crippen LogP contribution in [-0.2, 0) is 20.8 Å². The van der Waals surface area contributed by atoms with Gasteiger partial charge in [0.25, 0.3) is 0 Å². The molecule has 0 saturated heterocycles. The van der Waals surface area contributed by atoms with E-state index >= 15 is 0 Å². The fourth-order valence-corrected chi connectivity index (χ4v) is 2.62. The summed E-state index contributed by atoms with van der Waals surface area (Å²) in [6.07, 6.45) is 1.61. The number of rotatable bonds is 7. The van der Waals surface area contributed by atoms with Gasteiger partial charge < -0.3 is 18.5 Å². The third kappa shape index (κ3) is 4.17. The molecule has 0 radical (unpaired) electrons. The zero-order valence-corrected chi connectivity index (χ0v) is 14.8. The first-order chi connectivity index (χ1) is 11.8. The zero-order chi connectivity index (χ0) is 18.6. The Morgan fingerprint density at radius 1 is 1.16 bits per heavy atom. The van der Waals surface area contributed by atoms with Crippen molar-refractivity contribution in [3.8, 4) is 0 Å². The molecule has 0 aromatic carbocycles. The number of furan rings is 1. The molecule has 25 heavy (non-hydrogen) atoms. The van der Waals surface area contributed by atoms with Gasteiger partial charge in [-0.05, 0) is 32.9 Å². The molecule has 2 aromatic heterocycles. The molecule has 7 nitrogen and oxygen atoms in total. The summed E-state index contributed by atoms with van der Waals surface area (Å²) in [5, 5.41) is 0. The van der Waals surface area contributed by atoms with Crippen LogP contribution < -0.4 is 0 Å². The first kappa shape index (κ1) is 18.5. The van der Waals surface area contributed by atoms with Gasteiger partial charge in [-0.25, -0.2) is 4.79 Å². The molecule has 0 aliphatic rings. The van der Waals surface area contributed by atoms with E-state index in [1.165, 1.54) is 19.4 Å². The van der Waals surface area contributed by atoms with Gasteiger partial charge in [-0.2, -0.15) is 0 Å². The summed E-state index contributed by atoms with van der Waals surface area (Å²) in [6, 6.07) is 3.23. The standard InChI is InChI=1S/C18H21NO6/c1-11-9-15(12(2)19(11)7-5-17(21)23-4)16(20)10-25-18(22)14-6-8-24-13(14)3/h6,8-9H,5,7,10H2,1-4H3. The second-order valence-electron chi connectivity index (χ2n) is 5.65. The second kappa shape index (κ2) is 7.83. The first-order valence-corrected chi connectivity index (χ1v) is 7.83. The number of aromatic nitrogens is 1. The van der Waals surface area contributed by atoms with Gasteiger partial charge in [-0.15, -0.1) is 0 Å². The maximum absolute atomic E-state index is 12.4. The van der Waals surface area contributed by atoms with Gasteiger partial charge in [0, 0.05) is 23.5 Å². The van der Waals surface area contributed by atoms with E-state index in [1.54, 1.807) is 19.9 Å². The van der Waals surface area contributed by atoms with Gasteiger partial charge in [0.2, 0.25) is 5.78 Å². The normalized spacial score (nSPS) is 10.6. The van der Waals surface area contributed by atoms with Crippen molar-refractivity contribution in [2.45, 2.75) is 33.7 Å². The van der Waals surface area contributed by atoms with Crippen molar-refractivity contribution in [1.29, 1.82) is 0 Å². The Labute approximate surface area is 145 Å². The van der Waals surface area contributed by atoms with Gasteiger partial charge in [-0.3, -0.25) is 9.59 Å². The molecule has 0 unspecified atom stereocenters. The summed E-state index contributed by atoms with van der Waals surface area (Å²) >= 11 is 0. The van der Waals surface area contributed by atoms with E-state index in [2.05, 4.69) is 4.74 Å². The number of hydrogen-bond acceptors (Lipinski definition) is 6. The van der Waals surface area contributed by atoms with Crippen molar-refractivity contribution in [2.24, 2.45) is 0 Å². The van der Waals surface area contributed by atoms with E-state index in [0.29, 0.717) is 23.4 Å². The summed E-state index contributed by atoms with van der Waals surface area (Å²) in [6.45, 7) is 5.35. The van der Waals surface area contributed by atoms with E-state index < -0.39 is 5.97 Å². The Hall–Kier alpha value is -2.83. The minimum Gasteiger partial charge on any atom is -0.469 e. The fraction of sp³-hybridized carbons (Fsp3) is 0.389. The summed E-state index contributed by atoms with van der Waals surface area (Å²) in [5.41, 5.74) is 2.35. The number of aryl methyl sites for hydroxylation is 2. The number of carbonyl (C=O) groups is 3. The maximum Gasteiger partial charge on any atom is 0.342 e. The second-order valence-corrected chi connectivity index (χ2v) is 5.65. The van der Waals surface area contributed by atoms with Crippen LogP contribution in [0.15, 0.2) is 22.8 Å². The van der Waals surface area contributed by atoms with Crippen molar-refractivity contribution < 1.29 is 28.3 Å². The first-order valence-electron chi connectivity index (χ1n) is 7.83. The van der Waals surface area contributed by atoms with Crippen LogP contribution in [0, 0.1) is 20.8 Å². The van der Waals surface area contributed by atoms with E-state index in [-0.39, 0.29) is 24.8 Å². The molecule has 0 N–H and O–H groups in total. The SMILES string of the molecule is COC(=O)CCn1c(C)cc(C(=O)COC(=O)c2ccoc2C)c1C. The summed E-state index contributed by atoms with van der Waals surface area (Å²) < 4.78 is 16.6. The van der Waals surface area contributed by atoms with Gasteiger partial charge >= 0.3 is 11.9 Å². The number of hydrogen-bond donors (Lipinski definition) is 0. The average molecular weight is 347 g/mol. The van der Waals surface area contributed by atoms with Crippen LogP contribution in [0.25, 0.3) is 0 Å².